The van der Waals surface area contributed by atoms with Gasteiger partial charge in [0, 0.05) is 0 Å². The molecule has 1 aliphatic rings. The minimum atomic E-state index is -0.486. The molecule has 3 N–H and O–H groups in total. The zero-order valence-corrected chi connectivity index (χ0v) is 14.4. The van der Waals surface area contributed by atoms with E-state index in [0.29, 0.717) is 11.4 Å². The molecule has 0 fully saturated rings. The van der Waals surface area contributed by atoms with Crippen molar-refractivity contribution in [3.05, 3.63) is 86.7 Å². The number of para-hydroxylation sites is 1. The SMILES string of the molecule is COc1cccc(/C=c2/c(=O)[nH]c(O)c3c2=NN(c2ccccc2)C3=N)c1. The standard InChI is InChI=1S/C20H16N4O3/c1-27-14-9-5-6-12(10-14)11-15-17-16(20(26)22-19(15)25)18(21)24(23-17)13-7-3-2-4-8-13/h2-11,21,26H,1H3,(H,22,25)/b15-11+,21-18?. The first-order chi connectivity index (χ1) is 13.1. The summed E-state index contributed by atoms with van der Waals surface area (Å²) in [7, 11) is 1.57. The van der Waals surface area contributed by atoms with Crippen molar-refractivity contribution in [3.8, 4) is 11.6 Å². The van der Waals surface area contributed by atoms with Crippen LogP contribution in [-0.2, 0) is 0 Å². The number of aromatic amines is 1. The summed E-state index contributed by atoms with van der Waals surface area (Å²) in [5, 5.41) is 24.9. The summed E-state index contributed by atoms with van der Waals surface area (Å²) >= 11 is 0. The highest BCUT2D eigenvalue weighted by atomic mass is 16.5. The highest BCUT2D eigenvalue weighted by molar-refractivity contribution is 6.10. The highest BCUT2D eigenvalue weighted by Crippen LogP contribution is 2.21. The molecule has 7 heteroatoms. The van der Waals surface area contributed by atoms with Crippen LogP contribution in [0.3, 0.4) is 0 Å². The highest BCUT2D eigenvalue weighted by Gasteiger charge is 2.26. The molecule has 3 aromatic rings. The van der Waals surface area contributed by atoms with Crippen LogP contribution in [0, 0.1) is 5.41 Å². The van der Waals surface area contributed by atoms with Gasteiger partial charge in [0.05, 0.1) is 18.0 Å². The molecule has 2 aromatic carbocycles. The number of rotatable bonds is 3. The largest absolute Gasteiger partial charge is 0.497 e. The Morgan fingerprint density at radius 1 is 1.19 bits per heavy atom. The summed E-state index contributed by atoms with van der Waals surface area (Å²) in [6.45, 7) is 0. The van der Waals surface area contributed by atoms with Gasteiger partial charge in [-0.2, -0.15) is 5.10 Å². The Kier molecular flexibility index (Phi) is 3.97. The van der Waals surface area contributed by atoms with Gasteiger partial charge in [-0.25, -0.2) is 5.01 Å². The Morgan fingerprint density at radius 2 is 1.96 bits per heavy atom. The molecular weight excluding hydrogens is 344 g/mol. The van der Waals surface area contributed by atoms with Crippen molar-refractivity contribution in [1.82, 2.24) is 4.98 Å². The van der Waals surface area contributed by atoms with Crippen molar-refractivity contribution in [2.45, 2.75) is 0 Å². The summed E-state index contributed by atoms with van der Waals surface area (Å²) in [6.07, 6.45) is 1.66. The molecule has 2 heterocycles. The van der Waals surface area contributed by atoms with Gasteiger partial charge in [-0.1, -0.05) is 30.3 Å². The normalized spacial score (nSPS) is 13.4. The third-order valence-corrected chi connectivity index (χ3v) is 4.26. The number of anilines is 1. The Labute approximate surface area is 154 Å². The van der Waals surface area contributed by atoms with Crippen LogP contribution in [0.1, 0.15) is 11.1 Å². The van der Waals surface area contributed by atoms with E-state index in [9.17, 15) is 9.90 Å². The topological polar surface area (TPSA) is 102 Å². The maximum absolute atomic E-state index is 12.5. The van der Waals surface area contributed by atoms with Gasteiger partial charge in [-0.15, -0.1) is 0 Å². The van der Waals surface area contributed by atoms with Gasteiger partial charge >= 0.3 is 0 Å². The number of nitrogens with zero attached hydrogens (tertiary/aromatic N) is 2. The van der Waals surface area contributed by atoms with Crippen molar-refractivity contribution in [3.63, 3.8) is 0 Å². The Balaban J connectivity index is 1.97. The van der Waals surface area contributed by atoms with E-state index in [1.54, 1.807) is 37.5 Å². The smallest absolute Gasteiger partial charge is 0.260 e. The molecule has 27 heavy (non-hydrogen) atoms. The molecule has 1 aliphatic heterocycles. The number of methoxy groups -OCH3 is 1. The van der Waals surface area contributed by atoms with Crippen molar-refractivity contribution >= 4 is 17.6 Å². The molecule has 0 aliphatic carbocycles. The summed E-state index contributed by atoms with van der Waals surface area (Å²) in [6, 6.07) is 16.4. The van der Waals surface area contributed by atoms with Gasteiger partial charge in [0.25, 0.3) is 5.56 Å². The van der Waals surface area contributed by atoms with Crippen LogP contribution in [0.25, 0.3) is 6.08 Å². The average Bonchev–Trinajstić information content (AvgIpc) is 3.03. The fourth-order valence-corrected chi connectivity index (χ4v) is 2.96. The number of nitrogens with one attached hydrogen (secondary N) is 2. The minimum Gasteiger partial charge on any atom is -0.497 e. The van der Waals surface area contributed by atoms with Crippen LogP contribution < -0.4 is 25.9 Å². The Morgan fingerprint density at radius 3 is 2.70 bits per heavy atom. The van der Waals surface area contributed by atoms with Crippen molar-refractivity contribution in [2.75, 3.05) is 12.1 Å². The van der Waals surface area contributed by atoms with Gasteiger partial charge in [-0.05, 0) is 35.9 Å². The van der Waals surface area contributed by atoms with Gasteiger partial charge in [0.15, 0.2) is 5.84 Å². The molecule has 0 saturated heterocycles. The number of ether oxygens (including phenoxy) is 1. The van der Waals surface area contributed by atoms with E-state index in [4.69, 9.17) is 10.1 Å². The van der Waals surface area contributed by atoms with E-state index in [1.807, 2.05) is 30.3 Å². The maximum Gasteiger partial charge on any atom is 0.260 e. The lowest BCUT2D eigenvalue weighted by molar-refractivity contribution is 0.414. The number of pyridine rings is 1. The molecule has 4 rings (SSSR count). The second kappa shape index (κ2) is 6.45. The van der Waals surface area contributed by atoms with Gasteiger partial charge in [-0.3, -0.25) is 15.2 Å². The number of amidine groups is 1. The van der Waals surface area contributed by atoms with E-state index in [1.165, 1.54) is 5.01 Å². The molecule has 7 nitrogen and oxygen atoms in total. The van der Waals surface area contributed by atoms with Crippen LogP contribution in [0.4, 0.5) is 5.69 Å². The van der Waals surface area contributed by atoms with Crippen LogP contribution in [-0.4, -0.2) is 23.0 Å². The van der Waals surface area contributed by atoms with Crippen LogP contribution in [0.2, 0.25) is 0 Å². The average molecular weight is 360 g/mol. The van der Waals surface area contributed by atoms with Crippen molar-refractivity contribution < 1.29 is 9.84 Å². The Hall–Kier alpha value is -3.87. The molecule has 1 aromatic heterocycles. The monoisotopic (exact) mass is 360 g/mol. The second-order valence-corrected chi connectivity index (χ2v) is 5.96. The molecule has 0 unspecified atom stereocenters. The van der Waals surface area contributed by atoms with E-state index in [-0.39, 0.29) is 27.9 Å². The number of fused-ring (bicyclic) bond motifs is 1. The number of benzene rings is 2. The summed E-state index contributed by atoms with van der Waals surface area (Å²) in [5.74, 6) is 0.279. The van der Waals surface area contributed by atoms with E-state index in [0.717, 1.165) is 5.56 Å². The Bertz CT molecular complexity index is 1220. The second-order valence-electron chi connectivity index (χ2n) is 5.96. The summed E-state index contributed by atoms with van der Waals surface area (Å²) in [4.78, 5) is 14.9. The molecule has 0 bridgehead atoms. The third-order valence-electron chi connectivity index (χ3n) is 4.26. The number of aromatic hydroxyl groups is 1. The fourth-order valence-electron chi connectivity index (χ4n) is 2.96. The molecular formula is C20H16N4O3. The summed E-state index contributed by atoms with van der Waals surface area (Å²) < 4.78 is 5.21. The molecule has 0 atom stereocenters. The lowest BCUT2D eigenvalue weighted by Crippen LogP contribution is -2.42. The lowest BCUT2D eigenvalue weighted by Gasteiger charge is -2.13. The number of H-pyrrole nitrogens is 1. The third kappa shape index (κ3) is 2.85. The summed E-state index contributed by atoms with van der Waals surface area (Å²) in [5.41, 5.74) is 1.11. The molecule has 0 radical (unpaired) electrons. The lowest BCUT2D eigenvalue weighted by atomic mass is 10.1. The number of aromatic nitrogens is 1. The van der Waals surface area contributed by atoms with Gasteiger partial charge in [0.2, 0.25) is 5.88 Å². The van der Waals surface area contributed by atoms with Gasteiger partial charge < -0.3 is 9.84 Å². The van der Waals surface area contributed by atoms with E-state index >= 15 is 0 Å². The quantitative estimate of drug-likeness (QED) is 0.655. The van der Waals surface area contributed by atoms with Crippen molar-refractivity contribution in [1.29, 1.82) is 5.41 Å². The first-order valence-electron chi connectivity index (χ1n) is 8.22. The number of hydrogen-bond donors (Lipinski definition) is 3. The fraction of sp³-hybridized carbons (Fsp3) is 0.0500. The predicted octanol–water partition coefficient (Wildman–Crippen LogP) is 1.30. The van der Waals surface area contributed by atoms with Crippen molar-refractivity contribution in [2.24, 2.45) is 5.10 Å². The molecule has 0 saturated carbocycles. The molecule has 134 valence electrons. The van der Waals surface area contributed by atoms with Crippen LogP contribution in [0.15, 0.2) is 64.5 Å². The first kappa shape index (κ1) is 16.6. The zero-order chi connectivity index (χ0) is 19.0. The molecule has 0 amide bonds. The van der Waals surface area contributed by atoms with Gasteiger partial charge in [0.1, 0.15) is 16.7 Å². The van der Waals surface area contributed by atoms with E-state index < -0.39 is 5.56 Å². The minimum absolute atomic E-state index is 0.00903. The maximum atomic E-state index is 12.5. The molecule has 0 spiro atoms. The number of hydrogen-bond acceptors (Lipinski definition) is 5. The van der Waals surface area contributed by atoms with Crippen LogP contribution >= 0.6 is 0 Å². The van der Waals surface area contributed by atoms with E-state index in [2.05, 4.69) is 10.1 Å². The first-order valence-corrected chi connectivity index (χ1v) is 8.22. The predicted molar refractivity (Wildman–Crippen MR) is 102 cm³/mol. The zero-order valence-electron chi connectivity index (χ0n) is 14.4. The van der Waals surface area contributed by atoms with Crippen LogP contribution in [0.5, 0.6) is 11.6 Å².